The van der Waals surface area contributed by atoms with Crippen LogP contribution in [0.15, 0.2) is 39.8 Å². The molecular weight excluding hydrogens is 318 g/mol. The van der Waals surface area contributed by atoms with Crippen LogP contribution in [-0.2, 0) is 21.4 Å². The molecule has 23 heavy (non-hydrogen) atoms. The van der Waals surface area contributed by atoms with Crippen LogP contribution in [0.3, 0.4) is 0 Å². The average molecular weight is 337 g/mol. The van der Waals surface area contributed by atoms with Gasteiger partial charge >= 0.3 is 0 Å². The highest BCUT2D eigenvalue weighted by atomic mass is 32.2. The summed E-state index contributed by atoms with van der Waals surface area (Å²) in [5.41, 5.74) is 0. The molecule has 1 atom stereocenters. The molecule has 124 valence electrons. The van der Waals surface area contributed by atoms with Crippen LogP contribution in [0, 0.1) is 6.92 Å². The van der Waals surface area contributed by atoms with Crippen molar-refractivity contribution < 1.29 is 17.7 Å². The fourth-order valence-electron chi connectivity index (χ4n) is 2.59. The van der Waals surface area contributed by atoms with Gasteiger partial charge in [0, 0.05) is 20.0 Å². The van der Waals surface area contributed by atoms with E-state index in [1.165, 1.54) is 4.31 Å². The maximum atomic E-state index is 12.6. The standard InChI is InChI=1S/C15H19N3O4S/c1-12-16-15(17-22-12)11-21-13-6-5-9-18(10-13)23(19,20)14-7-3-2-4-8-14/h2-4,7-8,13H,5-6,9-11H2,1H3. The molecule has 0 N–H and O–H groups in total. The molecule has 2 aromatic rings. The lowest BCUT2D eigenvalue weighted by molar-refractivity contribution is 0.00438. The van der Waals surface area contributed by atoms with Crippen LogP contribution in [0.25, 0.3) is 0 Å². The second-order valence-corrected chi connectivity index (χ2v) is 7.42. The van der Waals surface area contributed by atoms with Gasteiger partial charge in [-0.3, -0.25) is 0 Å². The van der Waals surface area contributed by atoms with Gasteiger partial charge in [-0.1, -0.05) is 23.4 Å². The fourth-order valence-corrected chi connectivity index (χ4v) is 4.12. The zero-order valence-corrected chi connectivity index (χ0v) is 13.7. The molecule has 0 bridgehead atoms. The van der Waals surface area contributed by atoms with Gasteiger partial charge in [0.15, 0.2) is 5.82 Å². The highest BCUT2D eigenvalue weighted by Gasteiger charge is 2.30. The van der Waals surface area contributed by atoms with E-state index in [1.54, 1.807) is 37.3 Å². The molecule has 3 rings (SSSR count). The second-order valence-electron chi connectivity index (χ2n) is 5.48. The van der Waals surface area contributed by atoms with Crippen molar-refractivity contribution in [2.45, 2.75) is 37.4 Å². The molecular formula is C15H19N3O4S. The molecule has 1 aromatic heterocycles. The minimum Gasteiger partial charge on any atom is -0.369 e. The Hall–Kier alpha value is -1.77. The fraction of sp³-hybridized carbons (Fsp3) is 0.467. The van der Waals surface area contributed by atoms with Crippen molar-refractivity contribution in [3.05, 3.63) is 42.0 Å². The van der Waals surface area contributed by atoms with E-state index in [9.17, 15) is 8.42 Å². The number of sulfonamides is 1. The highest BCUT2D eigenvalue weighted by molar-refractivity contribution is 7.89. The lowest BCUT2D eigenvalue weighted by Gasteiger charge is -2.31. The first-order valence-electron chi connectivity index (χ1n) is 7.52. The molecule has 0 aliphatic carbocycles. The summed E-state index contributed by atoms with van der Waals surface area (Å²) >= 11 is 0. The van der Waals surface area contributed by atoms with Crippen molar-refractivity contribution in [2.24, 2.45) is 0 Å². The molecule has 1 aliphatic heterocycles. The summed E-state index contributed by atoms with van der Waals surface area (Å²) < 4.78 is 37.4. The Labute approximate surface area is 135 Å². The van der Waals surface area contributed by atoms with E-state index >= 15 is 0 Å². The average Bonchev–Trinajstić information content (AvgIpc) is 2.99. The molecule has 1 fully saturated rings. The normalized spacial score (nSPS) is 19.8. The van der Waals surface area contributed by atoms with Crippen molar-refractivity contribution in [3.8, 4) is 0 Å². The Morgan fingerprint density at radius 3 is 2.83 bits per heavy atom. The smallest absolute Gasteiger partial charge is 0.243 e. The Kier molecular flexibility index (Phi) is 4.74. The number of aryl methyl sites for hydroxylation is 1. The topological polar surface area (TPSA) is 85.5 Å². The van der Waals surface area contributed by atoms with E-state index in [1.807, 2.05) is 0 Å². The highest BCUT2D eigenvalue weighted by Crippen LogP contribution is 2.22. The van der Waals surface area contributed by atoms with Gasteiger partial charge < -0.3 is 9.26 Å². The summed E-state index contributed by atoms with van der Waals surface area (Å²) in [6, 6.07) is 8.48. The van der Waals surface area contributed by atoms with E-state index < -0.39 is 10.0 Å². The largest absolute Gasteiger partial charge is 0.369 e. The van der Waals surface area contributed by atoms with Crippen molar-refractivity contribution in [1.82, 2.24) is 14.4 Å². The van der Waals surface area contributed by atoms with E-state index in [0.29, 0.717) is 29.7 Å². The minimum absolute atomic E-state index is 0.166. The number of ether oxygens (including phenoxy) is 1. The quantitative estimate of drug-likeness (QED) is 0.826. The summed E-state index contributed by atoms with van der Waals surface area (Å²) in [6.07, 6.45) is 1.42. The third-order valence-electron chi connectivity index (χ3n) is 3.74. The van der Waals surface area contributed by atoms with Crippen LogP contribution in [0.2, 0.25) is 0 Å². The maximum Gasteiger partial charge on any atom is 0.243 e. The van der Waals surface area contributed by atoms with E-state index in [4.69, 9.17) is 9.26 Å². The number of benzene rings is 1. The van der Waals surface area contributed by atoms with Crippen LogP contribution >= 0.6 is 0 Å². The summed E-state index contributed by atoms with van der Waals surface area (Å²) in [7, 11) is -3.47. The van der Waals surface area contributed by atoms with Gasteiger partial charge in [-0.25, -0.2) is 8.42 Å². The van der Waals surface area contributed by atoms with Crippen molar-refractivity contribution >= 4 is 10.0 Å². The molecule has 0 spiro atoms. The molecule has 1 saturated heterocycles. The van der Waals surface area contributed by atoms with Gasteiger partial charge in [-0.05, 0) is 25.0 Å². The van der Waals surface area contributed by atoms with Crippen molar-refractivity contribution in [2.75, 3.05) is 13.1 Å². The molecule has 7 nitrogen and oxygen atoms in total. The first-order chi connectivity index (χ1) is 11.1. The SMILES string of the molecule is Cc1nc(COC2CCCN(S(=O)(=O)c3ccccc3)C2)no1. The first kappa shape index (κ1) is 16.1. The Morgan fingerprint density at radius 2 is 2.13 bits per heavy atom. The van der Waals surface area contributed by atoms with Gasteiger partial charge in [0.1, 0.15) is 6.61 Å². The number of aromatic nitrogens is 2. The van der Waals surface area contributed by atoms with E-state index in [-0.39, 0.29) is 12.7 Å². The molecule has 0 saturated carbocycles. The van der Waals surface area contributed by atoms with Gasteiger partial charge in [-0.2, -0.15) is 9.29 Å². The van der Waals surface area contributed by atoms with E-state index in [0.717, 1.165) is 12.8 Å². The predicted molar refractivity (Wildman–Crippen MR) is 82.0 cm³/mol. The van der Waals surface area contributed by atoms with Crippen LogP contribution in [0.4, 0.5) is 0 Å². The van der Waals surface area contributed by atoms with Gasteiger partial charge in [0.2, 0.25) is 15.9 Å². The number of nitrogens with zero attached hydrogens (tertiary/aromatic N) is 3. The second kappa shape index (κ2) is 6.77. The van der Waals surface area contributed by atoms with Crippen LogP contribution in [0.5, 0.6) is 0 Å². The molecule has 0 amide bonds. The van der Waals surface area contributed by atoms with Crippen molar-refractivity contribution in [1.29, 1.82) is 0 Å². The summed E-state index contributed by atoms with van der Waals surface area (Å²) in [4.78, 5) is 4.39. The summed E-state index contributed by atoms with van der Waals surface area (Å²) in [5, 5.41) is 3.77. The zero-order valence-electron chi connectivity index (χ0n) is 12.9. The number of rotatable bonds is 5. The monoisotopic (exact) mass is 337 g/mol. The summed E-state index contributed by atoms with van der Waals surface area (Å²) in [5.74, 6) is 0.964. The number of piperidine rings is 1. The molecule has 8 heteroatoms. The molecule has 1 aliphatic rings. The molecule has 1 aromatic carbocycles. The first-order valence-corrected chi connectivity index (χ1v) is 8.96. The molecule has 1 unspecified atom stereocenters. The Bertz CT molecular complexity index is 745. The summed E-state index contributed by atoms with van der Waals surface area (Å²) in [6.45, 7) is 2.79. The lowest BCUT2D eigenvalue weighted by atomic mass is 10.1. The Morgan fingerprint density at radius 1 is 1.35 bits per heavy atom. The number of hydrogen-bond acceptors (Lipinski definition) is 6. The third kappa shape index (κ3) is 3.77. The van der Waals surface area contributed by atoms with Gasteiger partial charge in [0.25, 0.3) is 0 Å². The molecule has 0 radical (unpaired) electrons. The minimum atomic E-state index is -3.47. The predicted octanol–water partition coefficient (Wildman–Crippen LogP) is 1.75. The zero-order chi connectivity index (χ0) is 16.3. The van der Waals surface area contributed by atoms with Crippen LogP contribution < -0.4 is 0 Å². The lowest BCUT2D eigenvalue weighted by Crippen LogP contribution is -2.43. The molecule has 2 heterocycles. The van der Waals surface area contributed by atoms with Gasteiger partial charge in [0.05, 0.1) is 11.0 Å². The Balaban J connectivity index is 1.64. The maximum absolute atomic E-state index is 12.6. The third-order valence-corrected chi connectivity index (χ3v) is 5.62. The van der Waals surface area contributed by atoms with Gasteiger partial charge in [-0.15, -0.1) is 0 Å². The van der Waals surface area contributed by atoms with Crippen LogP contribution in [-0.4, -0.2) is 42.1 Å². The van der Waals surface area contributed by atoms with Crippen LogP contribution in [0.1, 0.15) is 24.6 Å². The van der Waals surface area contributed by atoms with E-state index in [2.05, 4.69) is 10.1 Å². The van der Waals surface area contributed by atoms with Crippen molar-refractivity contribution in [3.63, 3.8) is 0 Å². The number of hydrogen-bond donors (Lipinski definition) is 0.